The van der Waals surface area contributed by atoms with E-state index in [1.165, 1.54) is 11.1 Å². The minimum atomic E-state index is -2.92. The van der Waals surface area contributed by atoms with Gasteiger partial charge in [0, 0.05) is 18.0 Å². The molecular formula is C17H21NO2S. The molecule has 4 heteroatoms. The van der Waals surface area contributed by atoms with E-state index >= 15 is 0 Å². The molecule has 0 unspecified atom stereocenters. The Kier molecular flexibility index (Phi) is 5.39. The van der Waals surface area contributed by atoms with Gasteiger partial charge in [-0.25, -0.2) is 8.42 Å². The Morgan fingerprint density at radius 3 is 2.33 bits per heavy atom. The van der Waals surface area contributed by atoms with Crippen LogP contribution in [0.15, 0.2) is 54.6 Å². The van der Waals surface area contributed by atoms with Crippen LogP contribution in [0.4, 0.5) is 5.69 Å². The van der Waals surface area contributed by atoms with E-state index in [0.717, 1.165) is 12.1 Å². The van der Waals surface area contributed by atoms with Gasteiger partial charge in [-0.05, 0) is 23.6 Å². The lowest BCUT2D eigenvalue weighted by molar-refractivity contribution is 0.597. The zero-order valence-corrected chi connectivity index (χ0v) is 13.1. The van der Waals surface area contributed by atoms with Gasteiger partial charge < -0.3 is 5.32 Å². The Bertz CT molecular complexity index is 666. The fourth-order valence-electron chi connectivity index (χ4n) is 2.15. The molecule has 0 aliphatic carbocycles. The average Bonchev–Trinajstić information content (AvgIpc) is 2.50. The van der Waals surface area contributed by atoms with Gasteiger partial charge in [0.1, 0.15) is 0 Å². The summed E-state index contributed by atoms with van der Waals surface area (Å²) in [7, 11) is -2.92. The van der Waals surface area contributed by atoms with Crippen molar-refractivity contribution in [2.75, 3.05) is 23.4 Å². The minimum absolute atomic E-state index is 0.170. The summed E-state index contributed by atoms with van der Waals surface area (Å²) in [4.78, 5) is 0. The number of para-hydroxylation sites is 1. The number of nitrogens with one attached hydrogen (secondary N) is 1. The van der Waals surface area contributed by atoms with Crippen molar-refractivity contribution in [1.82, 2.24) is 0 Å². The van der Waals surface area contributed by atoms with Crippen LogP contribution in [-0.2, 0) is 16.3 Å². The highest BCUT2D eigenvalue weighted by Gasteiger charge is 2.08. The first-order valence-corrected chi connectivity index (χ1v) is 8.99. The fourth-order valence-corrected chi connectivity index (χ4v) is 2.85. The summed E-state index contributed by atoms with van der Waals surface area (Å²) in [6, 6.07) is 18.3. The molecule has 0 amide bonds. The molecule has 0 bridgehead atoms. The van der Waals surface area contributed by atoms with Gasteiger partial charge in [0.2, 0.25) is 0 Å². The van der Waals surface area contributed by atoms with Gasteiger partial charge in [-0.2, -0.15) is 0 Å². The Morgan fingerprint density at radius 1 is 0.952 bits per heavy atom. The first-order chi connectivity index (χ1) is 10.1. The van der Waals surface area contributed by atoms with Crippen LogP contribution in [0.2, 0.25) is 0 Å². The predicted molar refractivity (Wildman–Crippen MR) is 88.5 cm³/mol. The molecule has 2 rings (SSSR count). The van der Waals surface area contributed by atoms with Crippen molar-refractivity contribution in [3.63, 3.8) is 0 Å². The average molecular weight is 303 g/mol. The zero-order valence-electron chi connectivity index (χ0n) is 12.2. The number of rotatable bonds is 7. The first kappa shape index (κ1) is 15.6. The zero-order chi connectivity index (χ0) is 15.1. The molecule has 0 radical (unpaired) electrons. The predicted octanol–water partition coefficient (Wildman–Crippen LogP) is 3.12. The molecule has 0 heterocycles. The van der Waals surface area contributed by atoms with Crippen molar-refractivity contribution in [2.24, 2.45) is 0 Å². The van der Waals surface area contributed by atoms with Gasteiger partial charge >= 0.3 is 0 Å². The van der Waals surface area contributed by atoms with Gasteiger partial charge in [-0.1, -0.05) is 55.5 Å². The molecule has 0 fully saturated rings. The first-order valence-electron chi connectivity index (χ1n) is 7.17. The van der Waals surface area contributed by atoms with Crippen molar-refractivity contribution in [1.29, 1.82) is 0 Å². The molecule has 112 valence electrons. The molecule has 0 atom stereocenters. The summed E-state index contributed by atoms with van der Waals surface area (Å²) in [6.07, 6.45) is 0.838. The largest absolute Gasteiger partial charge is 0.384 e. The van der Waals surface area contributed by atoms with Crippen LogP contribution >= 0.6 is 0 Å². The third kappa shape index (κ3) is 4.90. The highest BCUT2D eigenvalue weighted by Crippen LogP contribution is 2.18. The molecule has 0 aliphatic heterocycles. The fraction of sp³-hybridized carbons (Fsp3) is 0.294. The van der Waals surface area contributed by atoms with Crippen molar-refractivity contribution < 1.29 is 8.42 Å². The number of sulfone groups is 1. The van der Waals surface area contributed by atoms with Crippen LogP contribution in [-0.4, -0.2) is 26.5 Å². The quantitative estimate of drug-likeness (QED) is 0.855. The van der Waals surface area contributed by atoms with E-state index in [9.17, 15) is 8.42 Å². The second kappa shape index (κ2) is 7.27. The maximum absolute atomic E-state index is 11.5. The van der Waals surface area contributed by atoms with Crippen LogP contribution in [0.3, 0.4) is 0 Å². The van der Waals surface area contributed by atoms with E-state index in [1.807, 2.05) is 36.4 Å². The van der Waals surface area contributed by atoms with E-state index in [2.05, 4.69) is 23.5 Å². The number of benzene rings is 2. The molecule has 1 N–H and O–H groups in total. The summed E-state index contributed by atoms with van der Waals surface area (Å²) in [5, 5.41) is 3.24. The molecule has 3 nitrogen and oxygen atoms in total. The minimum Gasteiger partial charge on any atom is -0.384 e. The maximum Gasteiger partial charge on any atom is 0.151 e. The Morgan fingerprint density at radius 2 is 1.62 bits per heavy atom. The van der Waals surface area contributed by atoms with E-state index in [1.54, 1.807) is 6.92 Å². The van der Waals surface area contributed by atoms with Gasteiger partial charge in [0.05, 0.1) is 5.75 Å². The highest BCUT2D eigenvalue weighted by atomic mass is 32.2. The van der Waals surface area contributed by atoms with Gasteiger partial charge in [-0.15, -0.1) is 0 Å². The maximum atomic E-state index is 11.5. The Hall–Kier alpha value is -1.81. The van der Waals surface area contributed by atoms with Crippen LogP contribution in [0, 0.1) is 0 Å². The van der Waals surface area contributed by atoms with Gasteiger partial charge in [0.15, 0.2) is 9.84 Å². The molecular weight excluding hydrogens is 282 g/mol. The number of hydrogen-bond acceptors (Lipinski definition) is 3. The van der Waals surface area contributed by atoms with Crippen molar-refractivity contribution in [3.8, 4) is 0 Å². The molecule has 0 saturated heterocycles. The van der Waals surface area contributed by atoms with Crippen molar-refractivity contribution >= 4 is 15.5 Å². The van der Waals surface area contributed by atoms with Crippen LogP contribution in [0.25, 0.3) is 0 Å². The topological polar surface area (TPSA) is 46.2 Å². The molecule has 0 aliphatic rings. The van der Waals surface area contributed by atoms with E-state index in [0.29, 0.717) is 6.54 Å². The summed E-state index contributed by atoms with van der Waals surface area (Å²) in [5.41, 5.74) is 3.43. The highest BCUT2D eigenvalue weighted by molar-refractivity contribution is 7.91. The van der Waals surface area contributed by atoms with E-state index < -0.39 is 9.84 Å². The molecule has 0 spiro atoms. The summed E-state index contributed by atoms with van der Waals surface area (Å²) in [5.74, 6) is 0.365. The lowest BCUT2D eigenvalue weighted by Gasteiger charge is -2.12. The van der Waals surface area contributed by atoms with Crippen molar-refractivity contribution in [3.05, 3.63) is 65.7 Å². The van der Waals surface area contributed by atoms with E-state index in [4.69, 9.17) is 0 Å². The second-order valence-corrected chi connectivity index (χ2v) is 7.46. The van der Waals surface area contributed by atoms with Crippen LogP contribution in [0.5, 0.6) is 0 Å². The standard InChI is InChI=1S/C17H21NO2S/c1-2-21(19,20)13-12-18-17-11-7-6-10-16(17)14-15-8-4-3-5-9-15/h3-11,18H,2,12-14H2,1H3. The van der Waals surface area contributed by atoms with Gasteiger partial charge in [-0.3, -0.25) is 0 Å². The lowest BCUT2D eigenvalue weighted by atomic mass is 10.0. The van der Waals surface area contributed by atoms with Crippen LogP contribution in [0.1, 0.15) is 18.1 Å². The monoisotopic (exact) mass is 303 g/mol. The molecule has 0 aromatic heterocycles. The summed E-state index contributed by atoms with van der Waals surface area (Å²) >= 11 is 0. The van der Waals surface area contributed by atoms with Crippen LogP contribution < -0.4 is 5.32 Å². The Balaban J connectivity index is 2.04. The van der Waals surface area contributed by atoms with E-state index in [-0.39, 0.29) is 11.5 Å². The van der Waals surface area contributed by atoms with Gasteiger partial charge in [0.25, 0.3) is 0 Å². The smallest absolute Gasteiger partial charge is 0.151 e. The SMILES string of the molecule is CCS(=O)(=O)CCNc1ccccc1Cc1ccccc1. The second-order valence-electron chi connectivity index (χ2n) is 4.98. The normalized spacial score (nSPS) is 11.3. The third-order valence-electron chi connectivity index (χ3n) is 3.42. The Labute approximate surface area is 126 Å². The molecule has 2 aromatic rings. The molecule has 0 saturated carbocycles. The third-order valence-corrected chi connectivity index (χ3v) is 5.13. The van der Waals surface area contributed by atoms with Crippen molar-refractivity contribution in [2.45, 2.75) is 13.3 Å². The molecule has 2 aromatic carbocycles. The lowest BCUT2D eigenvalue weighted by Crippen LogP contribution is -2.17. The number of anilines is 1. The summed E-state index contributed by atoms with van der Waals surface area (Å²) in [6.45, 7) is 2.13. The summed E-state index contributed by atoms with van der Waals surface area (Å²) < 4.78 is 23.1. The number of hydrogen-bond donors (Lipinski definition) is 1. The molecule has 21 heavy (non-hydrogen) atoms.